The molecule has 0 N–H and O–H groups in total. The summed E-state index contributed by atoms with van der Waals surface area (Å²) in [6.45, 7) is 3.88. The Hall–Kier alpha value is -0.950. The molecule has 1 aliphatic heterocycles. The molecule has 1 aromatic rings. The summed E-state index contributed by atoms with van der Waals surface area (Å²) in [6.07, 6.45) is 0.876. The van der Waals surface area contributed by atoms with Crippen LogP contribution in [0.3, 0.4) is 0 Å². The van der Waals surface area contributed by atoms with Gasteiger partial charge in [-0.1, -0.05) is 6.92 Å². The van der Waals surface area contributed by atoms with Crippen LogP contribution in [-0.2, 0) is 10.8 Å². The number of halogens is 1. The molecule has 0 atom stereocenters. The lowest BCUT2D eigenvalue weighted by Crippen LogP contribution is -2.38. The van der Waals surface area contributed by atoms with Crippen LogP contribution in [0.15, 0.2) is 0 Å². The van der Waals surface area contributed by atoms with Gasteiger partial charge in [0.05, 0.1) is 6.61 Å². The van der Waals surface area contributed by atoms with Gasteiger partial charge in [-0.3, -0.25) is 4.21 Å². The number of anilines is 1. The van der Waals surface area contributed by atoms with Crippen LogP contribution in [0.1, 0.15) is 13.3 Å². The maximum Gasteiger partial charge on any atom is 0.322 e. The highest BCUT2D eigenvalue weighted by molar-refractivity contribution is 7.85. The van der Waals surface area contributed by atoms with E-state index in [0.717, 1.165) is 6.42 Å². The normalized spacial score (nSPS) is 16.9. The highest BCUT2D eigenvalue weighted by Gasteiger charge is 2.19. The van der Waals surface area contributed by atoms with Gasteiger partial charge in [0.2, 0.25) is 11.2 Å². The van der Waals surface area contributed by atoms with Crippen LogP contribution in [-0.4, -0.2) is 50.4 Å². The molecule has 6 nitrogen and oxygen atoms in total. The van der Waals surface area contributed by atoms with E-state index in [0.29, 0.717) is 37.2 Å². The van der Waals surface area contributed by atoms with Gasteiger partial charge < -0.3 is 9.64 Å². The Balaban J connectivity index is 2.11. The van der Waals surface area contributed by atoms with Gasteiger partial charge >= 0.3 is 6.01 Å². The van der Waals surface area contributed by atoms with E-state index in [1.54, 1.807) is 0 Å². The first-order valence-corrected chi connectivity index (χ1v) is 7.70. The third-order valence-corrected chi connectivity index (χ3v) is 3.92. The SMILES string of the molecule is CCCOc1nc(Cl)nc(N2CCS(=O)CC2)n1. The molecular weight excluding hydrogens is 276 g/mol. The molecule has 2 rings (SSSR count). The van der Waals surface area contributed by atoms with Gasteiger partial charge in [0.15, 0.2) is 0 Å². The average Bonchev–Trinajstić information content (AvgIpc) is 2.36. The van der Waals surface area contributed by atoms with Crippen LogP contribution >= 0.6 is 11.6 Å². The van der Waals surface area contributed by atoms with Crippen molar-refractivity contribution in [1.29, 1.82) is 0 Å². The fourth-order valence-electron chi connectivity index (χ4n) is 1.56. The van der Waals surface area contributed by atoms with E-state index in [1.165, 1.54) is 0 Å². The molecule has 0 aliphatic carbocycles. The molecule has 1 saturated heterocycles. The number of nitrogens with zero attached hydrogens (tertiary/aromatic N) is 4. The molecule has 0 spiro atoms. The first-order valence-electron chi connectivity index (χ1n) is 5.83. The predicted octanol–water partition coefficient (Wildman–Crippen LogP) is 0.882. The Kier molecular flexibility index (Phi) is 4.71. The summed E-state index contributed by atoms with van der Waals surface area (Å²) < 4.78 is 16.7. The molecule has 0 unspecified atom stereocenters. The molecule has 100 valence electrons. The number of ether oxygens (including phenoxy) is 1. The standard InChI is InChI=1S/C10H15ClN4O2S/c1-2-5-17-10-13-8(11)12-9(14-10)15-3-6-18(16)7-4-15/h2-7H2,1H3. The van der Waals surface area contributed by atoms with Crippen molar-refractivity contribution in [2.75, 3.05) is 36.1 Å². The van der Waals surface area contributed by atoms with Crippen molar-refractivity contribution in [1.82, 2.24) is 15.0 Å². The number of hydrogen-bond acceptors (Lipinski definition) is 6. The lowest BCUT2D eigenvalue weighted by Gasteiger charge is -2.26. The predicted molar refractivity (Wildman–Crippen MR) is 70.7 cm³/mol. The minimum atomic E-state index is -0.727. The average molecular weight is 291 g/mol. The maximum absolute atomic E-state index is 11.3. The number of rotatable bonds is 4. The summed E-state index contributed by atoms with van der Waals surface area (Å²) in [4.78, 5) is 14.2. The van der Waals surface area contributed by atoms with Crippen molar-refractivity contribution in [3.63, 3.8) is 0 Å². The number of hydrogen-bond donors (Lipinski definition) is 0. The van der Waals surface area contributed by atoms with Crippen molar-refractivity contribution < 1.29 is 8.95 Å². The van der Waals surface area contributed by atoms with E-state index in [4.69, 9.17) is 16.3 Å². The van der Waals surface area contributed by atoms with E-state index < -0.39 is 10.8 Å². The highest BCUT2D eigenvalue weighted by Crippen LogP contribution is 2.16. The van der Waals surface area contributed by atoms with Crippen molar-refractivity contribution in [2.24, 2.45) is 0 Å². The second kappa shape index (κ2) is 6.29. The second-order valence-corrected chi connectivity index (χ2v) is 5.90. The van der Waals surface area contributed by atoms with E-state index >= 15 is 0 Å². The largest absolute Gasteiger partial charge is 0.463 e. The van der Waals surface area contributed by atoms with Crippen molar-refractivity contribution >= 4 is 28.3 Å². The Morgan fingerprint density at radius 1 is 1.33 bits per heavy atom. The van der Waals surface area contributed by atoms with Gasteiger partial charge in [0.25, 0.3) is 0 Å². The lowest BCUT2D eigenvalue weighted by molar-refractivity contribution is 0.291. The smallest absolute Gasteiger partial charge is 0.322 e. The fraction of sp³-hybridized carbons (Fsp3) is 0.700. The summed E-state index contributed by atoms with van der Waals surface area (Å²) in [7, 11) is -0.727. The molecule has 8 heteroatoms. The van der Waals surface area contributed by atoms with Crippen LogP contribution in [0.25, 0.3) is 0 Å². The molecule has 0 amide bonds. The second-order valence-electron chi connectivity index (χ2n) is 3.87. The molecule has 0 saturated carbocycles. The first-order chi connectivity index (χ1) is 8.69. The van der Waals surface area contributed by atoms with E-state index in [9.17, 15) is 4.21 Å². The van der Waals surface area contributed by atoms with Crippen molar-refractivity contribution in [3.8, 4) is 6.01 Å². The maximum atomic E-state index is 11.3. The Morgan fingerprint density at radius 3 is 2.72 bits per heavy atom. The quantitative estimate of drug-likeness (QED) is 0.820. The van der Waals surface area contributed by atoms with Crippen LogP contribution in [0.5, 0.6) is 6.01 Å². The monoisotopic (exact) mass is 290 g/mol. The van der Waals surface area contributed by atoms with E-state index in [2.05, 4.69) is 15.0 Å². The summed E-state index contributed by atoms with van der Waals surface area (Å²) >= 11 is 5.85. The highest BCUT2D eigenvalue weighted by atomic mass is 35.5. The van der Waals surface area contributed by atoms with Gasteiger partial charge in [-0.05, 0) is 18.0 Å². The molecule has 0 bridgehead atoms. The van der Waals surface area contributed by atoms with E-state index in [-0.39, 0.29) is 11.3 Å². The molecule has 0 aromatic carbocycles. The van der Waals surface area contributed by atoms with Gasteiger partial charge in [-0.25, -0.2) is 0 Å². The van der Waals surface area contributed by atoms with Crippen LogP contribution in [0, 0.1) is 0 Å². The molecule has 0 radical (unpaired) electrons. The molecular formula is C10H15ClN4O2S. The Labute approximate surface area is 113 Å². The van der Waals surface area contributed by atoms with Crippen LogP contribution < -0.4 is 9.64 Å². The molecule has 2 heterocycles. The minimum absolute atomic E-state index is 0.123. The van der Waals surface area contributed by atoms with Gasteiger partial charge in [-0.15, -0.1) is 0 Å². The number of aromatic nitrogens is 3. The molecule has 1 aromatic heterocycles. The zero-order valence-electron chi connectivity index (χ0n) is 10.1. The summed E-state index contributed by atoms with van der Waals surface area (Å²) in [5.74, 6) is 1.76. The topological polar surface area (TPSA) is 68.2 Å². The molecule has 1 aliphatic rings. The lowest BCUT2D eigenvalue weighted by atomic mass is 10.5. The fourth-order valence-corrected chi connectivity index (χ4v) is 2.76. The summed E-state index contributed by atoms with van der Waals surface area (Å²) in [5.41, 5.74) is 0. The third kappa shape index (κ3) is 3.52. The Morgan fingerprint density at radius 2 is 2.06 bits per heavy atom. The molecule has 18 heavy (non-hydrogen) atoms. The zero-order chi connectivity index (χ0) is 13.0. The summed E-state index contributed by atoms with van der Waals surface area (Å²) in [6, 6.07) is 0.249. The molecule has 1 fully saturated rings. The van der Waals surface area contributed by atoms with Crippen molar-refractivity contribution in [3.05, 3.63) is 5.28 Å². The van der Waals surface area contributed by atoms with Crippen LogP contribution in [0.2, 0.25) is 5.28 Å². The third-order valence-electron chi connectivity index (χ3n) is 2.47. The van der Waals surface area contributed by atoms with E-state index in [1.807, 2.05) is 11.8 Å². The van der Waals surface area contributed by atoms with Gasteiger partial charge in [0.1, 0.15) is 0 Å². The first kappa shape index (κ1) is 13.5. The van der Waals surface area contributed by atoms with Gasteiger partial charge in [-0.2, -0.15) is 15.0 Å². The zero-order valence-corrected chi connectivity index (χ0v) is 11.7. The minimum Gasteiger partial charge on any atom is -0.463 e. The van der Waals surface area contributed by atoms with Crippen LogP contribution in [0.4, 0.5) is 5.95 Å². The summed E-state index contributed by atoms with van der Waals surface area (Å²) in [5, 5.41) is 0.123. The Bertz CT molecular complexity index is 436. The van der Waals surface area contributed by atoms with Crippen molar-refractivity contribution in [2.45, 2.75) is 13.3 Å². The van der Waals surface area contributed by atoms with Gasteiger partial charge in [0, 0.05) is 35.4 Å².